The summed E-state index contributed by atoms with van der Waals surface area (Å²) in [5.74, 6) is 1.16. The number of amides is 1. The second-order valence-electron chi connectivity index (χ2n) is 7.22. The Kier molecular flexibility index (Phi) is 5.72. The molecule has 1 atom stereocenters. The van der Waals surface area contributed by atoms with E-state index in [9.17, 15) is 4.79 Å². The van der Waals surface area contributed by atoms with Crippen LogP contribution in [-0.4, -0.2) is 42.6 Å². The van der Waals surface area contributed by atoms with Crippen LogP contribution in [0.25, 0.3) is 11.3 Å². The fourth-order valence-corrected chi connectivity index (χ4v) is 3.66. The Morgan fingerprint density at radius 1 is 1.17 bits per heavy atom. The fraction of sp³-hybridized carbons (Fsp3) is 0.304. The van der Waals surface area contributed by atoms with E-state index in [-0.39, 0.29) is 12.0 Å². The smallest absolute Gasteiger partial charge is 0.269 e. The first-order valence-corrected chi connectivity index (χ1v) is 9.82. The lowest BCUT2D eigenvalue weighted by Gasteiger charge is -2.25. The average Bonchev–Trinajstić information content (AvgIpc) is 3.18. The number of aryl methyl sites for hydroxylation is 1. The molecular weight excluding hydrogens is 382 g/mol. The summed E-state index contributed by atoms with van der Waals surface area (Å²) >= 11 is 0. The molecule has 0 fully saturated rings. The molecule has 1 aliphatic rings. The van der Waals surface area contributed by atoms with Gasteiger partial charge in [-0.15, -0.1) is 0 Å². The van der Waals surface area contributed by atoms with Gasteiger partial charge in [-0.05, 0) is 35.4 Å². The van der Waals surface area contributed by atoms with Crippen LogP contribution in [0.15, 0.2) is 48.5 Å². The number of carbonyl (C=O) groups excluding carboxylic acids is 1. The molecule has 1 amide bonds. The summed E-state index contributed by atoms with van der Waals surface area (Å²) in [6.07, 6.45) is 0.740. The molecule has 0 spiro atoms. The highest BCUT2D eigenvalue weighted by atomic mass is 16.5. The van der Waals surface area contributed by atoms with Crippen LogP contribution in [0.2, 0.25) is 0 Å². The quantitative estimate of drug-likeness (QED) is 0.680. The molecule has 7 heteroatoms. The van der Waals surface area contributed by atoms with Crippen LogP contribution in [0.5, 0.6) is 11.5 Å². The van der Waals surface area contributed by atoms with Gasteiger partial charge in [0.15, 0.2) is 0 Å². The van der Waals surface area contributed by atoms with Crippen molar-refractivity contribution in [2.45, 2.75) is 19.1 Å². The third-order valence-electron chi connectivity index (χ3n) is 5.33. The Balaban J connectivity index is 1.47. The molecule has 3 aromatic rings. The number of carbonyl (C=O) groups is 1. The van der Waals surface area contributed by atoms with Gasteiger partial charge >= 0.3 is 0 Å². The number of nitrogens with zero attached hydrogens (tertiary/aromatic N) is 2. The van der Waals surface area contributed by atoms with Crippen molar-refractivity contribution < 1.29 is 19.0 Å². The molecular formula is C23H25N3O4. The summed E-state index contributed by atoms with van der Waals surface area (Å²) in [5.41, 5.74) is 4.35. The van der Waals surface area contributed by atoms with E-state index < -0.39 is 0 Å². The Bertz CT molecular complexity index is 1060. The molecule has 30 heavy (non-hydrogen) atoms. The zero-order valence-electron chi connectivity index (χ0n) is 17.3. The molecule has 1 N–H and O–H groups in total. The molecule has 2 aromatic carbocycles. The van der Waals surface area contributed by atoms with Crippen molar-refractivity contribution in [1.82, 2.24) is 15.1 Å². The molecule has 1 aromatic heterocycles. The molecule has 1 aliphatic heterocycles. The Morgan fingerprint density at radius 2 is 1.97 bits per heavy atom. The van der Waals surface area contributed by atoms with E-state index in [1.165, 1.54) is 11.1 Å². The van der Waals surface area contributed by atoms with Crippen LogP contribution in [0.3, 0.4) is 0 Å². The van der Waals surface area contributed by atoms with Crippen LogP contribution < -0.4 is 14.8 Å². The van der Waals surface area contributed by atoms with Crippen LogP contribution >= 0.6 is 0 Å². The van der Waals surface area contributed by atoms with Crippen molar-refractivity contribution in [3.8, 4) is 22.8 Å². The summed E-state index contributed by atoms with van der Waals surface area (Å²) < 4.78 is 18.2. The summed E-state index contributed by atoms with van der Waals surface area (Å²) in [6, 6.07) is 15.5. The van der Waals surface area contributed by atoms with E-state index in [4.69, 9.17) is 14.2 Å². The molecule has 0 saturated carbocycles. The van der Waals surface area contributed by atoms with E-state index in [0.717, 1.165) is 12.0 Å². The first kappa shape index (κ1) is 20.0. The number of ether oxygens (including phenoxy) is 3. The molecule has 4 rings (SSSR count). The molecule has 0 aliphatic carbocycles. The van der Waals surface area contributed by atoms with Gasteiger partial charge in [0.2, 0.25) is 0 Å². The zero-order chi connectivity index (χ0) is 21.1. The van der Waals surface area contributed by atoms with E-state index in [1.807, 2.05) is 30.3 Å². The van der Waals surface area contributed by atoms with Crippen molar-refractivity contribution in [3.05, 3.63) is 65.4 Å². The number of fused-ring (bicyclic) bond motifs is 1. The summed E-state index contributed by atoms with van der Waals surface area (Å²) in [7, 11) is 4.96. The van der Waals surface area contributed by atoms with Crippen molar-refractivity contribution >= 4 is 5.91 Å². The first-order chi connectivity index (χ1) is 14.6. The maximum atomic E-state index is 12.8. The molecule has 0 radical (unpaired) electrons. The minimum Gasteiger partial charge on any atom is -0.497 e. The molecule has 1 unspecified atom stereocenters. The maximum absolute atomic E-state index is 12.8. The number of nitrogens with one attached hydrogen (secondary N) is 1. The van der Waals surface area contributed by atoms with Crippen LogP contribution in [-0.2, 0) is 24.8 Å². The molecule has 7 nitrogen and oxygen atoms in total. The SMILES string of the molecule is COc1ccc(OC)c(-c2cc(C(=O)NCC3Cc4ccccc4CO3)n(C)n2)c1. The van der Waals surface area contributed by atoms with Crippen molar-refractivity contribution in [1.29, 1.82) is 0 Å². The Hall–Kier alpha value is -3.32. The summed E-state index contributed by atoms with van der Waals surface area (Å²) in [6.45, 7) is 1.01. The van der Waals surface area contributed by atoms with Crippen LogP contribution in [0.1, 0.15) is 21.6 Å². The monoisotopic (exact) mass is 407 g/mol. The Morgan fingerprint density at radius 3 is 2.73 bits per heavy atom. The number of rotatable bonds is 6. The normalized spacial score (nSPS) is 15.4. The first-order valence-electron chi connectivity index (χ1n) is 9.82. The topological polar surface area (TPSA) is 74.6 Å². The lowest BCUT2D eigenvalue weighted by molar-refractivity contribution is 0.0284. The summed E-state index contributed by atoms with van der Waals surface area (Å²) in [4.78, 5) is 12.8. The van der Waals surface area contributed by atoms with Gasteiger partial charge in [0.1, 0.15) is 17.2 Å². The summed E-state index contributed by atoms with van der Waals surface area (Å²) in [5, 5.41) is 7.48. The largest absolute Gasteiger partial charge is 0.497 e. The molecule has 0 bridgehead atoms. The van der Waals surface area contributed by atoms with E-state index in [2.05, 4.69) is 22.5 Å². The fourth-order valence-electron chi connectivity index (χ4n) is 3.66. The minimum atomic E-state index is -0.194. The van der Waals surface area contributed by atoms with E-state index in [0.29, 0.717) is 36.0 Å². The molecule has 2 heterocycles. The van der Waals surface area contributed by atoms with Gasteiger partial charge in [0.25, 0.3) is 5.91 Å². The highest BCUT2D eigenvalue weighted by molar-refractivity contribution is 5.94. The van der Waals surface area contributed by atoms with Crippen molar-refractivity contribution in [2.24, 2.45) is 7.05 Å². The number of hydrogen-bond donors (Lipinski definition) is 1. The standard InChI is InChI=1S/C23H25N3O4/c1-26-21(12-20(25-26)19-11-17(28-2)8-9-22(19)29-3)23(27)24-13-18-10-15-6-4-5-7-16(15)14-30-18/h4-9,11-12,18H,10,13-14H2,1-3H3,(H,24,27). The van der Waals surface area contributed by atoms with Crippen LogP contribution in [0, 0.1) is 0 Å². The predicted molar refractivity (Wildman–Crippen MR) is 113 cm³/mol. The number of methoxy groups -OCH3 is 2. The highest BCUT2D eigenvalue weighted by Crippen LogP contribution is 2.33. The van der Waals surface area contributed by atoms with Gasteiger partial charge in [-0.3, -0.25) is 9.48 Å². The third kappa shape index (κ3) is 4.02. The Labute approximate surface area is 175 Å². The van der Waals surface area contributed by atoms with Gasteiger partial charge in [-0.2, -0.15) is 5.10 Å². The third-order valence-corrected chi connectivity index (χ3v) is 5.33. The minimum absolute atomic E-state index is 0.0463. The lowest BCUT2D eigenvalue weighted by atomic mass is 9.99. The van der Waals surface area contributed by atoms with Gasteiger partial charge < -0.3 is 19.5 Å². The van der Waals surface area contributed by atoms with Crippen molar-refractivity contribution in [2.75, 3.05) is 20.8 Å². The van der Waals surface area contributed by atoms with E-state index >= 15 is 0 Å². The maximum Gasteiger partial charge on any atom is 0.269 e. The van der Waals surface area contributed by atoms with Crippen molar-refractivity contribution in [3.63, 3.8) is 0 Å². The van der Waals surface area contributed by atoms with Gasteiger partial charge in [-0.25, -0.2) is 0 Å². The molecule has 0 saturated heterocycles. The van der Waals surface area contributed by atoms with E-state index in [1.54, 1.807) is 32.0 Å². The number of hydrogen-bond acceptors (Lipinski definition) is 5. The molecule has 156 valence electrons. The second kappa shape index (κ2) is 8.59. The second-order valence-corrected chi connectivity index (χ2v) is 7.22. The zero-order valence-corrected chi connectivity index (χ0v) is 17.3. The number of benzene rings is 2. The number of aromatic nitrogens is 2. The average molecular weight is 407 g/mol. The van der Waals surface area contributed by atoms with Gasteiger partial charge in [-0.1, -0.05) is 24.3 Å². The highest BCUT2D eigenvalue weighted by Gasteiger charge is 2.21. The predicted octanol–water partition coefficient (Wildman–Crippen LogP) is 2.98. The lowest BCUT2D eigenvalue weighted by Crippen LogP contribution is -2.37. The van der Waals surface area contributed by atoms with Crippen LogP contribution in [0.4, 0.5) is 0 Å². The van der Waals surface area contributed by atoms with Gasteiger partial charge in [0, 0.05) is 25.6 Å². The van der Waals surface area contributed by atoms with Gasteiger partial charge in [0.05, 0.1) is 32.6 Å².